The minimum absolute atomic E-state index is 0.0895. The summed E-state index contributed by atoms with van der Waals surface area (Å²) in [5.41, 5.74) is 8.03. The van der Waals surface area contributed by atoms with Crippen molar-refractivity contribution in [2.24, 2.45) is 5.73 Å². The highest BCUT2D eigenvalue weighted by atomic mass is 14.7. The van der Waals surface area contributed by atoms with Crippen molar-refractivity contribution < 1.29 is 0 Å². The molecule has 0 saturated heterocycles. The normalized spacial score (nSPS) is 10.4. The van der Waals surface area contributed by atoms with Crippen LogP contribution in [0.2, 0.25) is 0 Å². The molecule has 1 aromatic heterocycles. The average Bonchev–Trinajstić information content (AvgIpc) is 2.16. The Balaban J connectivity index is 2.87. The van der Waals surface area contributed by atoms with Crippen LogP contribution in [0.3, 0.4) is 0 Å². The smallest absolute Gasteiger partial charge is 0.123 e. The number of aromatic nitrogens is 1. The molecule has 0 aliphatic rings. The van der Waals surface area contributed by atoms with Gasteiger partial charge >= 0.3 is 0 Å². The predicted octanol–water partition coefficient (Wildman–Crippen LogP) is 1.83. The number of nitrogen functional groups attached to an aromatic ring is 1. The van der Waals surface area contributed by atoms with Crippen LogP contribution in [0.1, 0.15) is 11.3 Å². The highest BCUT2D eigenvalue weighted by molar-refractivity contribution is 6.06. The summed E-state index contributed by atoms with van der Waals surface area (Å²) in [6.07, 6.45) is 0. The first-order chi connectivity index (χ1) is 6.68. The molecule has 0 radical (unpaired) electrons. The number of nitrogens with zero attached hydrogens (tertiary/aromatic N) is 1. The molecule has 0 aliphatic carbocycles. The number of hydrogen-bond donors (Lipinski definition) is 2. The highest BCUT2D eigenvalue weighted by Gasteiger charge is 2.04. The second-order valence-corrected chi connectivity index (χ2v) is 3.24. The molecule has 0 saturated carbocycles. The van der Waals surface area contributed by atoms with Crippen LogP contribution < -0.4 is 5.73 Å². The van der Waals surface area contributed by atoms with Gasteiger partial charge in [0.05, 0.1) is 5.52 Å². The van der Waals surface area contributed by atoms with Gasteiger partial charge in [0.15, 0.2) is 0 Å². The van der Waals surface area contributed by atoms with Gasteiger partial charge < -0.3 is 5.73 Å². The van der Waals surface area contributed by atoms with E-state index in [-0.39, 0.29) is 5.84 Å². The summed E-state index contributed by atoms with van der Waals surface area (Å²) in [7, 11) is 0. The second kappa shape index (κ2) is 3.10. The van der Waals surface area contributed by atoms with Gasteiger partial charge in [-0.3, -0.25) is 10.4 Å². The maximum Gasteiger partial charge on any atom is 0.123 e. The van der Waals surface area contributed by atoms with Crippen LogP contribution in [0, 0.1) is 12.3 Å². The molecule has 3 nitrogen and oxygen atoms in total. The zero-order valence-corrected chi connectivity index (χ0v) is 7.91. The van der Waals surface area contributed by atoms with Crippen molar-refractivity contribution in [3.63, 3.8) is 0 Å². The quantitative estimate of drug-likeness (QED) is 0.526. The van der Waals surface area contributed by atoms with E-state index in [1.54, 1.807) is 0 Å². The van der Waals surface area contributed by atoms with Crippen molar-refractivity contribution >= 4 is 16.7 Å². The first kappa shape index (κ1) is 8.69. The molecule has 1 aromatic carbocycles. The fourth-order valence-corrected chi connectivity index (χ4v) is 1.53. The summed E-state index contributed by atoms with van der Waals surface area (Å²) < 4.78 is 0. The molecule has 0 fully saturated rings. The Bertz CT molecular complexity index is 503. The van der Waals surface area contributed by atoms with E-state index in [0.29, 0.717) is 0 Å². The van der Waals surface area contributed by atoms with Crippen LogP contribution in [0.5, 0.6) is 0 Å². The fraction of sp³-hybridized carbons (Fsp3) is 0.0909. The van der Waals surface area contributed by atoms with Gasteiger partial charge in [0.25, 0.3) is 0 Å². The largest absolute Gasteiger partial charge is 0.384 e. The van der Waals surface area contributed by atoms with Crippen LogP contribution in [0.15, 0.2) is 30.3 Å². The maximum absolute atomic E-state index is 7.46. The van der Waals surface area contributed by atoms with Gasteiger partial charge in [-0.1, -0.05) is 18.2 Å². The molecule has 0 unspecified atom stereocenters. The van der Waals surface area contributed by atoms with Gasteiger partial charge in [-0.25, -0.2) is 0 Å². The Kier molecular flexibility index (Phi) is 1.93. The van der Waals surface area contributed by atoms with Crippen LogP contribution in [-0.2, 0) is 0 Å². The number of pyridine rings is 1. The first-order valence-corrected chi connectivity index (χ1v) is 4.39. The van der Waals surface area contributed by atoms with E-state index in [4.69, 9.17) is 11.1 Å². The summed E-state index contributed by atoms with van der Waals surface area (Å²) in [4.78, 5) is 4.37. The van der Waals surface area contributed by atoms with E-state index in [1.807, 2.05) is 37.3 Å². The molecular weight excluding hydrogens is 174 g/mol. The van der Waals surface area contributed by atoms with Gasteiger partial charge in [0.2, 0.25) is 0 Å². The Morgan fingerprint density at radius 1 is 1.36 bits per heavy atom. The van der Waals surface area contributed by atoms with E-state index in [9.17, 15) is 0 Å². The lowest BCUT2D eigenvalue weighted by molar-refractivity contribution is 1.24. The molecule has 0 amide bonds. The lowest BCUT2D eigenvalue weighted by atomic mass is 10.1. The molecule has 3 heteroatoms. The molecule has 2 rings (SSSR count). The number of nitrogens with two attached hydrogens (primary N) is 1. The van der Waals surface area contributed by atoms with Crippen molar-refractivity contribution in [2.45, 2.75) is 6.92 Å². The third-order valence-electron chi connectivity index (χ3n) is 2.13. The van der Waals surface area contributed by atoms with Crippen molar-refractivity contribution in [1.82, 2.24) is 4.98 Å². The summed E-state index contributed by atoms with van der Waals surface area (Å²) in [5.74, 6) is 0.0895. The van der Waals surface area contributed by atoms with Gasteiger partial charge in [-0.15, -0.1) is 0 Å². The van der Waals surface area contributed by atoms with Crippen LogP contribution in [-0.4, -0.2) is 10.8 Å². The third kappa shape index (κ3) is 1.33. The van der Waals surface area contributed by atoms with E-state index in [2.05, 4.69) is 4.98 Å². The summed E-state index contributed by atoms with van der Waals surface area (Å²) in [6, 6.07) is 9.54. The van der Waals surface area contributed by atoms with Crippen molar-refractivity contribution in [2.75, 3.05) is 0 Å². The molecule has 2 aromatic rings. The number of benzene rings is 1. The molecule has 0 bridgehead atoms. The summed E-state index contributed by atoms with van der Waals surface area (Å²) >= 11 is 0. The average molecular weight is 185 g/mol. The van der Waals surface area contributed by atoms with E-state index < -0.39 is 0 Å². The lowest BCUT2D eigenvalue weighted by Gasteiger charge is -2.05. The molecule has 3 N–H and O–H groups in total. The van der Waals surface area contributed by atoms with Crippen molar-refractivity contribution in [3.05, 3.63) is 41.6 Å². The van der Waals surface area contributed by atoms with Gasteiger partial charge in [-0.2, -0.15) is 0 Å². The minimum atomic E-state index is 0.0895. The number of fused-ring (bicyclic) bond motifs is 1. The van der Waals surface area contributed by atoms with Crippen LogP contribution >= 0.6 is 0 Å². The van der Waals surface area contributed by atoms with E-state index in [1.165, 1.54) is 0 Å². The lowest BCUT2D eigenvalue weighted by Crippen LogP contribution is -2.12. The summed E-state index contributed by atoms with van der Waals surface area (Å²) in [6.45, 7) is 1.90. The number of nitrogens with one attached hydrogen (secondary N) is 1. The van der Waals surface area contributed by atoms with Crippen molar-refractivity contribution in [1.29, 1.82) is 5.41 Å². The Morgan fingerprint density at radius 2 is 2.07 bits per heavy atom. The molecule has 0 spiro atoms. The molecule has 70 valence electrons. The minimum Gasteiger partial charge on any atom is -0.384 e. The highest BCUT2D eigenvalue weighted by Crippen LogP contribution is 2.17. The first-order valence-electron chi connectivity index (χ1n) is 4.39. The monoisotopic (exact) mass is 185 g/mol. The van der Waals surface area contributed by atoms with E-state index in [0.717, 1.165) is 22.2 Å². The predicted molar refractivity (Wildman–Crippen MR) is 57.5 cm³/mol. The summed E-state index contributed by atoms with van der Waals surface area (Å²) in [5, 5.41) is 8.40. The Labute approximate surface area is 82.1 Å². The number of para-hydroxylation sites is 1. The number of rotatable bonds is 1. The maximum atomic E-state index is 7.46. The molecular formula is C11H11N3. The zero-order chi connectivity index (χ0) is 10.1. The molecule has 0 aliphatic heterocycles. The second-order valence-electron chi connectivity index (χ2n) is 3.24. The van der Waals surface area contributed by atoms with Gasteiger partial charge in [0, 0.05) is 16.6 Å². The molecule has 0 atom stereocenters. The van der Waals surface area contributed by atoms with Gasteiger partial charge in [0.1, 0.15) is 5.84 Å². The van der Waals surface area contributed by atoms with Gasteiger partial charge in [-0.05, 0) is 19.1 Å². The molecule has 1 heterocycles. The van der Waals surface area contributed by atoms with E-state index >= 15 is 0 Å². The Hall–Kier alpha value is -1.90. The Morgan fingerprint density at radius 3 is 2.79 bits per heavy atom. The number of hydrogen-bond acceptors (Lipinski definition) is 2. The van der Waals surface area contributed by atoms with Crippen molar-refractivity contribution in [3.8, 4) is 0 Å². The third-order valence-corrected chi connectivity index (χ3v) is 2.13. The van der Waals surface area contributed by atoms with Crippen LogP contribution in [0.4, 0.5) is 0 Å². The van der Waals surface area contributed by atoms with Crippen LogP contribution in [0.25, 0.3) is 10.9 Å². The molecule has 14 heavy (non-hydrogen) atoms. The fourth-order valence-electron chi connectivity index (χ4n) is 1.53. The topological polar surface area (TPSA) is 62.8 Å². The number of aryl methyl sites for hydroxylation is 1. The zero-order valence-electron chi connectivity index (χ0n) is 7.91. The number of amidine groups is 1. The SMILES string of the molecule is Cc1cc(C(=N)N)c2ccccc2n1. The standard InChI is InChI=1S/C11H11N3/c1-7-6-9(11(12)13)8-4-2-3-5-10(8)14-7/h2-6H,1H3,(H3,12,13).